The van der Waals surface area contributed by atoms with Crippen LogP contribution < -0.4 is 0 Å². The summed E-state index contributed by atoms with van der Waals surface area (Å²) in [7, 11) is 2.69. The zero-order valence-electron chi connectivity index (χ0n) is 15.8. The van der Waals surface area contributed by atoms with E-state index in [4.69, 9.17) is 14.2 Å². The van der Waals surface area contributed by atoms with Crippen molar-refractivity contribution in [2.45, 2.75) is 26.2 Å². The van der Waals surface area contributed by atoms with Gasteiger partial charge in [-0.05, 0) is 49.9 Å². The van der Waals surface area contributed by atoms with Crippen molar-refractivity contribution >= 4 is 17.9 Å². The molecule has 0 saturated heterocycles. The smallest absolute Gasteiger partial charge is 0.334 e. The lowest BCUT2D eigenvalue weighted by atomic mass is 9.60. The predicted molar refractivity (Wildman–Crippen MR) is 93.0 cm³/mol. The molecule has 0 amide bonds. The summed E-state index contributed by atoms with van der Waals surface area (Å²) in [6.45, 7) is 2.14. The topological polar surface area (TPSA) is 78.9 Å². The van der Waals surface area contributed by atoms with E-state index in [0.29, 0.717) is 29.6 Å². The summed E-state index contributed by atoms with van der Waals surface area (Å²) in [6.07, 6.45) is 3.39. The van der Waals surface area contributed by atoms with Gasteiger partial charge in [0.25, 0.3) is 0 Å². The van der Waals surface area contributed by atoms with Gasteiger partial charge in [0.15, 0.2) is 0 Å². The van der Waals surface area contributed by atoms with E-state index in [1.165, 1.54) is 25.4 Å². The highest BCUT2D eigenvalue weighted by Crippen LogP contribution is 2.74. The van der Waals surface area contributed by atoms with Gasteiger partial charge in [-0.2, -0.15) is 0 Å². The van der Waals surface area contributed by atoms with Crippen molar-refractivity contribution < 1.29 is 28.6 Å². The number of esters is 3. The molecule has 0 heterocycles. The van der Waals surface area contributed by atoms with Crippen molar-refractivity contribution in [1.29, 1.82) is 0 Å². The van der Waals surface area contributed by atoms with Crippen LogP contribution in [0, 0.1) is 41.4 Å². The summed E-state index contributed by atoms with van der Waals surface area (Å²) in [5.41, 5.74) is 3.54. The van der Waals surface area contributed by atoms with Crippen LogP contribution in [0.1, 0.15) is 26.2 Å². The Morgan fingerprint density at radius 3 is 1.78 bits per heavy atom. The van der Waals surface area contributed by atoms with E-state index in [2.05, 4.69) is 0 Å². The SMILES string of the molecule is CCOC(=O)C1[C@@H]2[C@H]3C(C(=O)OC)=C(C(=O)OC)[C@H](C4=C3[C@@H]3CC[C@H]4C3)[C@H]12. The Bertz CT molecular complexity index is 765. The quantitative estimate of drug-likeness (QED) is 0.427. The Kier molecular flexibility index (Phi) is 3.59. The van der Waals surface area contributed by atoms with Gasteiger partial charge in [-0.3, -0.25) is 4.79 Å². The molecule has 1 unspecified atom stereocenters. The van der Waals surface area contributed by atoms with Crippen molar-refractivity contribution in [3.05, 3.63) is 22.3 Å². The van der Waals surface area contributed by atoms with Gasteiger partial charge >= 0.3 is 17.9 Å². The second-order valence-electron chi connectivity index (χ2n) is 8.32. The number of carbonyl (C=O) groups excluding carboxylic acids is 3. The molecule has 2 saturated carbocycles. The van der Waals surface area contributed by atoms with Gasteiger partial charge in [0, 0.05) is 11.8 Å². The van der Waals surface area contributed by atoms with E-state index in [9.17, 15) is 14.4 Å². The van der Waals surface area contributed by atoms with Crippen LogP contribution in [0.25, 0.3) is 0 Å². The van der Waals surface area contributed by atoms with E-state index >= 15 is 0 Å². The van der Waals surface area contributed by atoms with Crippen molar-refractivity contribution in [3.63, 3.8) is 0 Å². The highest BCUT2D eigenvalue weighted by atomic mass is 16.5. The highest BCUT2D eigenvalue weighted by Gasteiger charge is 2.73. The van der Waals surface area contributed by atoms with Crippen LogP contribution in [-0.4, -0.2) is 38.7 Å². The van der Waals surface area contributed by atoms with Gasteiger partial charge in [-0.15, -0.1) is 0 Å². The number of rotatable bonds is 4. The number of hydrogen-bond acceptors (Lipinski definition) is 6. The molecule has 6 aliphatic rings. The first-order valence-electron chi connectivity index (χ1n) is 9.86. The van der Waals surface area contributed by atoms with Crippen LogP contribution in [0.4, 0.5) is 0 Å². The summed E-state index contributed by atoms with van der Waals surface area (Å²) in [5.74, 6) is -0.716. The first-order chi connectivity index (χ1) is 13.0. The zero-order valence-corrected chi connectivity index (χ0v) is 15.8. The van der Waals surface area contributed by atoms with Gasteiger partial charge in [0.1, 0.15) is 0 Å². The van der Waals surface area contributed by atoms with Gasteiger partial charge in [0.2, 0.25) is 0 Å². The molecule has 4 bridgehead atoms. The fraction of sp³-hybridized carbons (Fsp3) is 0.667. The molecule has 6 rings (SSSR count). The van der Waals surface area contributed by atoms with Crippen molar-refractivity contribution in [3.8, 4) is 0 Å². The average molecular weight is 372 g/mol. The minimum atomic E-state index is -0.465. The van der Waals surface area contributed by atoms with E-state index in [0.717, 1.165) is 19.3 Å². The van der Waals surface area contributed by atoms with Gasteiger partial charge in [-0.1, -0.05) is 11.1 Å². The number of allylic oxidation sites excluding steroid dienone is 2. The van der Waals surface area contributed by atoms with Gasteiger partial charge in [-0.25, -0.2) is 9.59 Å². The number of hydrogen-bond donors (Lipinski definition) is 0. The first kappa shape index (κ1) is 17.0. The van der Waals surface area contributed by atoms with Crippen molar-refractivity contribution in [2.24, 2.45) is 41.4 Å². The third-order valence-electron chi connectivity index (χ3n) is 7.50. The lowest BCUT2D eigenvalue weighted by Gasteiger charge is -2.43. The summed E-state index contributed by atoms with van der Waals surface area (Å²) in [4.78, 5) is 38.0. The summed E-state index contributed by atoms with van der Waals surface area (Å²) >= 11 is 0. The van der Waals surface area contributed by atoms with Crippen molar-refractivity contribution in [2.75, 3.05) is 20.8 Å². The number of methoxy groups -OCH3 is 2. The second-order valence-corrected chi connectivity index (χ2v) is 8.32. The molecule has 27 heavy (non-hydrogen) atoms. The second kappa shape index (κ2) is 5.69. The number of ether oxygens (including phenoxy) is 3. The maximum absolute atomic E-state index is 12.7. The zero-order chi connectivity index (χ0) is 19.0. The molecule has 0 radical (unpaired) electrons. The summed E-state index contributed by atoms with van der Waals surface area (Å²) in [5, 5.41) is 0. The fourth-order valence-electron chi connectivity index (χ4n) is 6.80. The Hall–Kier alpha value is -2.11. The normalized spacial score (nSPS) is 39.9. The Morgan fingerprint density at radius 1 is 0.889 bits per heavy atom. The predicted octanol–water partition coefficient (Wildman–Crippen LogP) is 2.04. The number of fused-ring (bicyclic) bond motifs is 2. The molecule has 0 N–H and O–H groups in total. The highest BCUT2D eigenvalue weighted by molar-refractivity contribution is 6.04. The van der Waals surface area contributed by atoms with E-state index in [-0.39, 0.29) is 35.6 Å². The number of carbonyl (C=O) groups is 3. The standard InChI is InChI=1S/C21H24O6/c1-4-27-21(24)16-14-12-10-8-5-6-9(7-8)11(10)13(15(14)16)18(20(23)26-3)17(12)19(22)25-2/h8-9,12-16H,4-7H2,1-3H3/t8-,9+,12+,13-,14-,15+,16?. The van der Waals surface area contributed by atoms with E-state index in [1.54, 1.807) is 6.92 Å². The monoisotopic (exact) mass is 372 g/mol. The Labute approximate surface area is 157 Å². The third kappa shape index (κ3) is 1.99. The van der Waals surface area contributed by atoms with E-state index in [1.807, 2.05) is 0 Å². The molecule has 6 nitrogen and oxygen atoms in total. The molecule has 6 aliphatic carbocycles. The lowest BCUT2D eigenvalue weighted by molar-refractivity contribution is -0.145. The van der Waals surface area contributed by atoms with Crippen LogP contribution in [0.15, 0.2) is 22.3 Å². The summed E-state index contributed by atoms with van der Waals surface area (Å²) < 4.78 is 15.4. The molecule has 0 aromatic carbocycles. The Balaban J connectivity index is 1.65. The fourth-order valence-corrected chi connectivity index (χ4v) is 6.80. The minimum absolute atomic E-state index is 0.0506. The molecule has 0 aromatic heterocycles. The Morgan fingerprint density at radius 2 is 1.37 bits per heavy atom. The molecule has 6 heteroatoms. The first-order valence-corrected chi connectivity index (χ1v) is 9.86. The molecule has 7 atom stereocenters. The van der Waals surface area contributed by atoms with Crippen LogP contribution in [-0.2, 0) is 28.6 Å². The van der Waals surface area contributed by atoms with Crippen LogP contribution in [0.2, 0.25) is 0 Å². The molecular weight excluding hydrogens is 348 g/mol. The lowest BCUT2D eigenvalue weighted by Crippen LogP contribution is -2.40. The van der Waals surface area contributed by atoms with Crippen LogP contribution >= 0.6 is 0 Å². The maximum Gasteiger partial charge on any atom is 0.334 e. The molecule has 0 aromatic rings. The van der Waals surface area contributed by atoms with E-state index < -0.39 is 11.9 Å². The van der Waals surface area contributed by atoms with Gasteiger partial charge in [0.05, 0.1) is 37.9 Å². The van der Waals surface area contributed by atoms with Crippen LogP contribution in [0.3, 0.4) is 0 Å². The summed E-state index contributed by atoms with van der Waals surface area (Å²) in [6, 6.07) is 0. The molecule has 144 valence electrons. The molecule has 2 fully saturated rings. The van der Waals surface area contributed by atoms with Gasteiger partial charge < -0.3 is 14.2 Å². The molecule has 0 aliphatic heterocycles. The minimum Gasteiger partial charge on any atom is -0.466 e. The third-order valence-corrected chi connectivity index (χ3v) is 7.50. The van der Waals surface area contributed by atoms with Crippen molar-refractivity contribution in [1.82, 2.24) is 0 Å². The largest absolute Gasteiger partial charge is 0.466 e. The molecule has 0 spiro atoms. The average Bonchev–Trinajstić information content (AvgIpc) is 3.09. The maximum atomic E-state index is 12.7. The molecular formula is C21H24O6. The van der Waals surface area contributed by atoms with Crippen LogP contribution in [0.5, 0.6) is 0 Å².